The molecule has 2 aromatic heterocycles. The lowest BCUT2D eigenvalue weighted by Gasteiger charge is -1.98. The Morgan fingerprint density at radius 2 is 2.12 bits per heavy atom. The number of hydrogen-bond acceptors (Lipinski definition) is 3. The quantitative estimate of drug-likeness (QED) is 0.722. The highest BCUT2D eigenvalue weighted by molar-refractivity contribution is 7.12. The van der Waals surface area contributed by atoms with Gasteiger partial charge in [-0.1, -0.05) is 17.7 Å². The Hall–Kier alpha value is -0.640. The molecule has 0 spiro atoms. The van der Waals surface area contributed by atoms with Gasteiger partial charge in [0.05, 0.1) is 9.90 Å². The van der Waals surface area contributed by atoms with E-state index in [0.29, 0.717) is 16.3 Å². The monoisotopic (exact) mass is 270 g/mol. The number of carbonyl (C=O) groups is 1. The van der Waals surface area contributed by atoms with Crippen LogP contribution >= 0.6 is 34.3 Å². The van der Waals surface area contributed by atoms with Gasteiger partial charge in [0.1, 0.15) is 0 Å². The van der Waals surface area contributed by atoms with Crippen LogP contribution in [0.5, 0.6) is 0 Å². The largest absolute Gasteiger partial charge is 0.293 e. The molecule has 0 aliphatic carbocycles. The van der Waals surface area contributed by atoms with Crippen LogP contribution in [-0.2, 0) is 6.42 Å². The van der Waals surface area contributed by atoms with Crippen molar-refractivity contribution in [3.05, 3.63) is 43.7 Å². The third-order valence-corrected chi connectivity index (χ3v) is 4.60. The van der Waals surface area contributed by atoms with E-state index in [1.54, 1.807) is 17.4 Å². The first-order valence-electron chi connectivity index (χ1n) is 5.06. The topological polar surface area (TPSA) is 17.1 Å². The normalized spacial score (nSPS) is 10.6. The Balaban J connectivity index is 1.83. The average molecular weight is 271 g/mol. The minimum atomic E-state index is 0.163. The van der Waals surface area contributed by atoms with Crippen molar-refractivity contribution < 1.29 is 4.79 Å². The maximum atomic E-state index is 11.8. The SMILES string of the molecule is O=C(CCCc1cccs1)c1sccc1Cl. The predicted octanol–water partition coefficient (Wildman–Crippen LogP) is 4.67. The second kappa shape index (κ2) is 5.62. The van der Waals surface area contributed by atoms with Crippen LogP contribution < -0.4 is 0 Å². The maximum absolute atomic E-state index is 11.8. The van der Waals surface area contributed by atoms with Crippen LogP contribution in [0.2, 0.25) is 5.02 Å². The average Bonchev–Trinajstić information content (AvgIpc) is 2.88. The van der Waals surface area contributed by atoms with E-state index in [1.165, 1.54) is 16.2 Å². The Morgan fingerprint density at radius 3 is 2.75 bits per heavy atom. The van der Waals surface area contributed by atoms with Gasteiger partial charge in [0, 0.05) is 11.3 Å². The van der Waals surface area contributed by atoms with E-state index in [4.69, 9.17) is 11.6 Å². The van der Waals surface area contributed by atoms with E-state index in [1.807, 2.05) is 11.4 Å². The third-order valence-electron chi connectivity index (χ3n) is 2.28. The molecular weight excluding hydrogens is 260 g/mol. The molecule has 84 valence electrons. The molecule has 0 aliphatic rings. The first-order chi connectivity index (χ1) is 7.77. The van der Waals surface area contributed by atoms with Crippen molar-refractivity contribution in [2.24, 2.45) is 0 Å². The van der Waals surface area contributed by atoms with Crippen molar-refractivity contribution in [2.45, 2.75) is 19.3 Å². The first kappa shape index (κ1) is 11.8. The molecule has 0 bridgehead atoms. The van der Waals surface area contributed by atoms with Gasteiger partial charge in [-0.3, -0.25) is 4.79 Å². The number of aryl methyl sites for hydroxylation is 1. The Bertz CT molecular complexity index is 459. The lowest BCUT2D eigenvalue weighted by Crippen LogP contribution is -1.97. The molecule has 2 heterocycles. The molecule has 0 fully saturated rings. The molecule has 0 saturated heterocycles. The summed E-state index contributed by atoms with van der Waals surface area (Å²) in [5.74, 6) is 0.163. The van der Waals surface area contributed by atoms with Gasteiger partial charge in [-0.25, -0.2) is 0 Å². The fourth-order valence-corrected chi connectivity index (χ4v) is 3.37. The minimum Gasteiger partial charge on any atom is -0.293 e. The van der Waals surface area contributed by atoms with Crippen molar-refractivity contribution in [1.29, 1.82) is 0 Å². The maximum Gasteiger partial charge on any atom is 0.174 e. The number of hydrogen-bond donors (Lipinski definition) is 0. The summed E-state index contributed by atoms with van der Waals surface area (Å²) in [7, 11) is 0. The van der Waals surface area contributed by atoms with Crippen LogP contribution in [0, 0.1) is 0 Å². The summed E-state index contributed by atoms with van der Waals surface area (Å²) >= 11 is 9.07. The molecule has 2 aromatic rings. The zero-order valence-electron chi connectivity index (χ0n) is 8.61. The molecular formula is C12H11ClOS2. The molecule has 0 aliphatic heterocycles. The fraction of sp³-hybridized carbons (Fsp3) is 0.250. The van der Waals surface area contributed by atoms with E-state index in [0.717, 1.165) is 12.8 Å². The molecule has 2 rings (SSSR count). The summed E-state index contributed by atoms with van der Waals surface area (Å²) in [6.07, 6.45) is 2.46. The molecule has 0 aromatic carbocycles. The van der Waals surface area contributed by atoms with Crippen LogP contribution in [0.4, 0.5) is 0 Å². The Labute approximate surface area is 108 Å². The van der Waals surface area contributed by atoms with Gasteiger partial charge >= 0.3 is 0 Å². The third kappa shape index (κ3) is 2.94. The first-order valence-corrected chi connectivity index (χ1v) is 7.19. The standard InChI is InChI=1S/C12H11ClOS2/c13-10-6-8-16-12(10)11(14)5-1-3-9-4-2-7-15-9/h2,4,6-8H,1,3,5H2. The van der Waals surface area contributed by atoms with Gasteiger partial charge in [0.2, 0.25) is 0 Å². The Kier molecular flexibility index (Phi) is 4.16. The molecule has 0 N–H and O–H groups in total. The van der Waals surface area contributed by atoms with Crippen molar-refractivity contribution in [3.8, 4) is 0 Å². The highest BCUT2D eigenvalue weighted by Gasteiger charge is 2.11. The lowest BCUT2D eigenvalue weighted by atomic mass is 10.1. The van der Waals surface area contributed by atoms with Gasteiger partial charge < -0.3 is 0 Å². The summed E-state index contributed by atoms with van der Waals surface area (Å²) in [6, 6.07) is 5.92. The van der Waals surface area contributed by atoms with E-state index in [-0.39, 0.29) is 5.78 Å². The van der Waals surface area contributed by atoms with Gasteiger partial charge in [-0.15, -0.1) is 22.7 Å². The van der Waals surface area contributed by atoms with Crippen molar-refractivity contribution in [2.75, 3.05) is 0 Å². The molecule has 16 heavy (non-hydrogen) atoms. The molecule has 0 atom stereocenters. The highest BCUT2D eigenvalue weighted by Crippen LogP contribution is 2.24. The van der Waals surface area contributed by atoms with Crippen molar-refractivity contribution in [1.82, 2.24) is 0 Å². The molecule has 1 nitrogen and oxygen atoms in total. The zero-order chi connectivity index (χ0) is 11.4. The number of thiophene rings is 2. The summed E-state index contributed by atoms with van der Waals surface area (Å²) in [5, 5.41) is 4.51. The molecule has 0 saturated carbocycles. The number of ketones is 1. The van der Waals surface area contributed by atoms with Gasteiger partial charge in [0.25, 0.3) is 0 Å². The second-order valence-electron chi connectivity index (χ2n) is 3.45. The number of carbonyl (C=O) groups excluding carboxylic acids is 1. The smallest absolute Gasteiger partial charge is 0.174 e. The van der Waals surface area contributed by atoms with E-state index in [2.05, 4.69) is 11.4 Å². The summed E-state index contributed by atoms with van der Waals surface area (Å²) in [6.45, 7) is 0. The van der Waals surface area contributed by atoms with Crippen LogP contribution in [-0.4, -0.2) is 5.78 Å². The van der Waals surface area contributed by atoms with Gasteiger partial charge in [-0.05, 0) is 35.7 Å². The van der Waals surface area contributed by atoms with E-state index in [9.17, 15) is 4.79 Å². The van der Waals surface area contributed by atoms with Crippen LogP contribution in [0.15, 0.2) is 29.0 Å². The number of Topliss-reactive ketones (excluding diaryl/α,β-unsaturated/α-hetero) is 1. The molecule has 4 heteroatoms. The van der Waals surface area contributed by atoms with Crippen molar-refractivity contribution in [3.63, 3.8) is 0 Å². The van der Waals surface area contributed by atoms with E-state index >= 15 is 0 Å². The second-order valence-corrected chi connectivity index (χ2v) is 5.81. The van der Waals surface area contributed by atoms with Gasteiger partial charge in [-0.2, -0.15) is 0 Å². The Morgan fingerprint density at radius 1 is 1.25 bits per heavy atom. The lowest BCUT2D eigenvalue weighted by molar-refractivity contribution is 0.0984. The van der Waals surface area contributed by atoms with Gasteiger partial charge in [0.15, 0.2) is 5.78 Å². The van der Waals surface area contributed by atoms with Crippen molar-refractivity contribution >= 4 is 40.1 Å². The number of rotatable bonds is 5. The molecule has 0 radical (unpaired) electrons. The van der Waals surface area contributed by atoms with Crippen LogP contribution in [0.25, 0.3) is 0 Å². The fourth-order valence-electron chi connectivity index (χ4n) is 1.48. The van der Waals surface area contributed by atoms with Crippen LogP contribution in [0.1, 0.15) is 27.4 Å². The molecule has 0 amide bonds. The molecule has 0 unspecified atom stereocenters. The van der Waals surface area contributed by atoms with E-state index < -0.39 is 0 Å². The highest BCUT2D eigenvalue weighted by atomic mass is 35.5. The van der Waals surface area contributed by atoms with Crippen LogP contribution in [0.3, 0.4) is 0 Å². The zero-order valence-corrected chi connectivity index (χ0v) is 11.0. The summed E-state index contributed by atoms with van der Waals surface area (Å²) < 4.78 is 0. The summed E-state index contributed by atoms with van der Waals surface area (Å²) in [5.41, 5.74) is 0. The predicted molar refractivity (Wildman–Crippen MR) is 70.9 cm³/mol. The number of halogens is 1. The summed E-state index contributed by atoms with van der Waals surface area (Å²) in [4.78, 5) is 13.8. The minimum absolute atomic E-state index is 0.163.